The molecule has 1 aromatic rings. The first kappa shape index (κ1) is 13.5. The summed E-state index contributed by atoms with van der Waals surface area (Å²) < 4.78 is 10.5. The Labute approximate surface area is 113 Å². The first-order valence-electron chi connectivity index (χ1n) is 6.32. The van der Waals surface area contributed by atoms with Crippen LogP contribution >= 0.6 is 11.6 Å². The van der Waals surface area contributed by atoms with E-state index in [1.54, 1.807) is 14.2 Å². The average molecular weight is 270 g/mol. The number of ether oxygens (including phenoxy) is 2. The van der Waals surface area contributed by atoms with Gasteiger partial charge in [0.1, 0.15) is 0 Å². The molecule has 1 unspecified atom stereocenters. The maximum Gasteiger partial charge on any atom is 0.179 e. The molecule has 0 saturated heterocycles. The topological polar surface area (TPSA) is 44.5 Å². The van der Waals surface area contributed by atoms with E-state index < -0.39 is 0 Å². The van der Waals surface area contributed by atoms with E-state index in [0.29, 0.717) is 16.5 Å². The average Bonchev–Trinajstić information content (AvgIpc) is 3.18. The normalized spacial score (nSPS) is 16.4. The highest BCUT2D eigenvalue weighted by atomic mass is 35.5. The predicted octanol–water partition coefficient (Wildman–Crippen LogP) is 3.55. The molecule has 1 atom stereocenters. The zero-order chi connectivity index (χ0) is 13.1. The second kappa shape index (κ2) is 5.81. The number of hydrogen-bond acceptors (Lipinski definition) is 3. The molecular formula is C14H20ClNO2. The van der Waals surface area contributed by atoms with Crippen molar-refractivity contribution < 1.29 is 9.47 Å². The second-order valence-electron chi connectivity index (χ2n) is 4.87. The van der Waals surface area contributed by atoms with Crippen LogP contribution in [0.5, 0.6) is 11.5 Å². The van der Waals surface area contributed by atoms with Crippen molar-refractivity contribution in [1.82, 2.24) is 0 Å². The number of rotatable bonds is 6. The lowest BCUT2D eigenvalue weighted by Crippen LogP contribution is -2.11. The van der Waals surface area contributed by atoms with Crippen molar-refractivity contribution in [2.24, 2.45) is 11.7 Å². The Balaban J connectivity index is 2.13. The van der Waals surface area contributed by atoms with Gasteiger partial charge in [-0.25, -0.2) is 0 Å². The SMILES string of the molecule is COc1cc(C(N)CCC2CC2)cc(Cl)c1OC. The lowest BCUT2D eigenvalue weighted by molar-refractivity contribution is 0.354. The van der Waals surface area contributed by atoms with Gasteiger partial charge in [0.15, 0.2) is 11.5 Å². The molecule has 1 aromatic carbocycles. The minimum atomic E-state index is 0.0166. The summed E-state index contributed by atoms with van der Waals surface area (Å²) in [6.07, 6.45) is 4.92. The monoisotopic (exact) mass is 269 g/mol. The lowest BCUT2D eigenvalue weighted by atomic mass is 10.0. The van der Waals surface area contributed by atoms with E-state index in [1.165, 1.54) is 19.3 Å². The quantitative estimate of drug-likeness (QED) is 0.859. The molecule has 2 N–H and O–H groups in total. The molecule has 100 valence electrons. The van der Waals surface area contributed by atoms with Crippen LogP contribution in [0.3, 0.4) is 0 Å². The van der Waals surface area contributed by atoms with Crippen LogP contribution in [0.2, 0.25) is 5.02 Å². The van der Waals surface area contributed by atoms with Gasteiger partial charge in [-0.05, 0) is 36.5 Å². The molecule has 0 radical (unpaired) electrons. The van der Waals surface area contributed by atoms with Crippen molar-refractivity contribution in [2.75, 3.05) is 14.2 Å². The molecule has 18 heavy (non-hydrogen) atoms. The van der Waals surface area contributed by atoms with Gasteiger partial charge < -0.3 is 15.2 Å². The zero-order valence-corrected chi connectivity index (χ0v) is 11.7. The van der Waals surface area contributed by atoms with Gasteiger partial charge in [-0.15, -0.1) is 0 Å². The molecule has 1 fully saturated rings. The van der Waals surface area contributed by atoms with E-state index in [9.17, 15) is 0 Å². The van der Waals surface area contributed by atoms with Gasteiger partial charge in [0, 0.05) is 6.04 Å². The van der Waals surface area contributed by atoms with Crippen molar-refractivity contribution in [1.29, 1.82) is 0 Å². The fourth-order valence-electron chi connectivity index (χ4n) is 2.14. The molecule has 0 heterocycles. The van der Waals surface area contributed by atoms with Crippen molar-refractivity contribution >= 4 is 11.6 Å². The first-order valence-corrected chi connectivity index (χ1v) is 6.70. The van der Waals surface area contributed by atoms with Crippen LogP contribution < -0.4 is 15.2 Å². The predicted molar refractivity (Wildman–Crippen MR) is 73.4 cm³/mol. The summed E-state index contributed by atoms with van der Waals surface area (Å²) in [5.74, 6) is 2.10. The first-order chi connectivity index (χ1) is 8.65. The van der Waals surface area contributed by atoms with Gasteiger partial charge >= 0.3 is 0 Å². The number of methoxy groups -OCH3 is 2. The van der Waals surface area contributed by atoms with Crippen LogP contribution in [-0.2, 0) is 0 Å². The highest BCUT2D eigenvalue weighted by molar-refractivity contribution is 6.32. The van der Waals surface area contributed by atoms with Gasteiger partial charge in [-0.3, -0.25) is 0 Å². The van der Waals surface area contributed by atoms with Gasteiger partial charge in [-0.1, -0.05) is 24.4 Å². The third-order valence-electron chi connectivity index (χ3n) is 3.47. The Morgan fingerprint density at radius 1 is 1.33 bits per heavy atom. The smallest absolute Gasteiger partial charge is 0.179 e. The van der Waals surface area contributed by atoms with Crippen molar-refractivity contribution in [3.05, 3.63) is 22.7 Å². The van der Waals surface area contributed by atoms with Crippen LogP contribution in [0.25, 0.3) is 0 Å². The fourth-order valence-corrected chi connectivity index (χ4v) is 2.44. The Morgan fingerprint density at radius 3 is 2.61 bits per heavy atom. The molecule has 1 saturated carbocycles. The number of halogens is 1. The van der Waals surface area contributed by atoms with E-state index >= 15 is 0 Å². The summed E-state index contributed by atoms with van der Waals surface area (Å²) >= 11 is 6.17. The van der Waals surface area contributed by atoms with E-state index in [1.807, 2.05) is 12.1 Å². The zero-order valence-electron chi connectivity index (χ0n) is 10.9. The summed E-state index contributed by atoms with van der Waals surface area (Å²) in [5.41, 5.74) is 7.21. The van der Waals surface area contributed by atoms with E-state index in [2.05, 4.69) is 0 Å². The van der Waals surface area contributed by atoms with Gasteiger partial charge in [0.2, 0.25) is 0 Å². The molecule has 1 aliphatic rings. The summed E-state index contributed by atoms with van der Waals surface area (Å²) in [7, 11) is 3.18. The molecular weight excluding hydrogens is 250 g/mol. The van der Waals surface area contributed by atoms with Crippen LogP contribution in [0.1, 0.15) is 37.3 Å². The van der Waals surface area contributed by atoms with Crippen LogP contribution in [0, 0.1) is 5.92 Å². The highest BCUT2D eigenvalue weighted by Gasteiger charge is 2.22. The minimum Gasteiger partial charge on any atom is -0.493 e. The maximum atomic E-state index is 6.20. The Kier molecular flexibility index (Phi) is 4.36. The summed E-state index contributed by atoms with van der Waals surface area (Å²) in [5, 5.41) is 0.550. The minimum absolute atomic E-state index is 0.0166. The molecule has 3 nitrogen and oxygen atoms in total. The van der Waals surface area contributed by atoms with Crippen LogP contribution in [0.15, 0.2) is 12.1 Å². The standard InChI is InChI=1S/C14H20ClNO2/c1-17-13-8-10(7-11(15)14(13)18-2)12(16)6-5-9-3-4-9/h7-9,12H,3-6,16H2,1-2H3. The molecule has 2 rings (SSSR count). The van der Waals surface area contributed by atoms with E-state index in [4.69, 9.17) is 26.8 Å². The van der Waals surface area contributed by atoms with Crippen molar-refractivity contribution in [3.63, 3.8) is 0 Å². The Hall–Kier alpha value is -0.930. The summed E-state index contributed by atoms with van der Waals surface area (Å²) in [6.45, 7) is 0. The van der Waals surface area contributed by atoms with Gasteiger partial charge in [-0.2, -0.15) is 0 Å². The van der Waals surface area contributed by atoms with Gasteiger partial charge in [0.25, 0.3) is 0 Å². The molecule has 0 spiro atoms. The molecule has 0 aromatic heterocycles. The molecule has 4 heteroatoms. The fraction of sp³-hybridized carbons (Fsp3) is 0.571. The summed E-state index contributed by atoms with van der Waals surface area (Å²) in [4.78, 5) is 0. The molecule has 1 aliphatic carbocycles. The molecule has 0 bridgehead atoms. The third-order valence-corrected chi connectivity index (χ3v) is 3.75. The third kappa shape index (κ3) is 3.09. The van der Waals surface area contributed by atoms with Crippen LogP contribution in [0.4, 0.5) is 0 Å². The van der Waals surface area contributed by atoms with Crippen molar-refractivity contribution in [2.45, 2.75) is 31.7 Å². The van der Waals surface area contributed by atoms with Crippen LogP contribution in [-0.4, -0.2) is 14.2 Å². The lowest BCUT2D eigenvalue weighted by Gasteiger charge is -2.16. The Morgan fingerprint density at radius 2 is 2.06 bits per heavy atom. The molecule has 0 amide bonds. The number of hydrogen-bond donors (Lipinski definition) is 1. The maximum absolute atomic E-state index is 6.20. The van der Waals surface area contributed by atoms with E-state index in [0.717, 1.165) is 17.9 Å². The number of nitrogens with two attached hydrogens (primary N) is 1. The second-order valence-corrected chi connectivity index (χ2v) is 5.27. The summed E-state index contributed by atoms with van der Waals surface area (Å²) in [6, 6.07) is 3.81. The number of benzene rings is 1. The molecule has 0 aliphatic heterocycles. The van der Waals surface area contributed by atoms with Gasteiger partial charge in [0.05, 0.1) is 19.2 Å². The van der Waals surface area contributed by atoms with Crippen molar-refractivity contribution in [3.8, 4) is 11.5 Å². The Bertz CT molecular complexity index is 419. The van der Waals surface area contributed by atoms with E-state index in [-0.39, 0.29) is 6.04 Å². The highest BCUT2D eigenvalue weighted by Crippen LogP contribution is 2.39. The largest absolute Gasteiger partial charge is 0.493 e.